The van der Waals surface area contributed by atoms with Crippen molar-refractivity contribution in [2.75, 3.05) is 17.6 Å². The Kier molecular flexibility index (Phi) is 5.54. The number of esters is 1. The van der Waals surface area contributed by atoms with Crippen molar-refractivity contribution >= 4 is 32.5 Å². The number of anilines is 1. The molecular weight excluding hydrogens is 276 g/mol. The molecule has 1 aromatic rings. The molecule has 18 heavy (non-hydrogen) atoms. The molecule has 0 saturated carbocycles. The molecule has 1 aromatic heterocycles. The molecule has 0 saturated heterocycles. The third-order valence-electron chi connectivity index (χ3n) is 2.22. The monoisotopic (exact) mass is 292 g/mol. The van der Waals surface area contributed by atoms with Crippen molar-refractivity contribution in [3.63, 3.8) is 0 Å². The largest absolute Gasteiger partial charge is 0.469 e. The number of sulfonamides is 1. The first-order chi connectivity index (χ1) is 8.46. The first kappa shape index (κ1) is 14.9. The second kappa shape index (κ2) is 6.69. The molecule has 0 amide bonds. The van der Waals surface area contributed by atoms with Gasteiger partial charge in [-0.1, -0.05) is 0 Å². The van der Waals surface area contributed by atoms with Gasteiger partial charge in [-0.05, 0) is 19.8 Å². The van der Waals surface area contributed by atoms with Crippen LogP contribution in [0.5, 0.6) is 0 Å². The Morgan fingerprint density at radius 3 is 2.89 bits per heavy atom. The van der Waals surface area contributed by atoms with Crippen molar-refractivity contribution in [2.45, 2.75) is 26.2 Å². The van der Waals surface area contributed by atoms with E-state index in [-0.39, 0.29) is 11.7 Å². The molecule has 0 aromatic carbocycles. The van der Waals surface area contributed by atoms with Gasteiger partial charge in [0, 0.05) is 11.8 Å². The highest BCUT2D eigenvalue weighted by Gasteiger charge is 2.10. The van der Waals surface area contributed by atoms with E-state index in [1.165, 1.54) is 18.4 Å². The van der Waals surface area contributed by atoms with Crippen LogP contribution in [0.2, 0.25) is 0 Å². The van der Waals surface area contributed by atoms with Crippen LogP contribution in [0.1, 0.15) is 25.5 Å². The van der Waals surface area contributed by atoms with Crippen molar-refractivity contribution in [3.8, 4) is 0 Å². The summed E-state index contributed by atoms with van der Waals surface area (Å²) in [4.78, 5) is 15.0. The van der Waals surface area contributed by atoms with Gasteiger partial charge < -0.3 is 4.74 Å². The quantitative estimate of drug-likeness (QED) is 0.768. The van der Waals surface area contributed by atoms with Crippen molar-refractivity contribution in [2.24, 2.45) is 0 Å². The Hall–Kier alpha value is -1.15. The Balaban J connectivity index is 2.46. The van der Waals surface area contributed by atoms with E-state index in [4.69, 9.17) is 0 Å². The van der Waals surface area contributed by atoms with Crippen LogP contribution < -0.4 is 4.72 Å². The van der Waals surface area contributed by atoms with E-state index in [0.29, 0.717) is 24.4 Å². The second-order valence-corrected chi connectivity index (χ2v) is 6.45. The van der Waals surface area contributed by atoms with Gasteiger partial charge >= 0.3 is 5.97 Å². The molecule has 6 nitrogen and oxygen atoms in total. The van der Waals surface area contributed by atoms with Crippen LogP contribution >= 0.6 is 11.3 Å². The van der Waals surface area contributed by atoms with E-state index in [9.17, 15) is 13.2 Å². The first-order valence-corrected chi connectivity index (χ1v) is 8.01. The lowest BCUT2D eigenvalue weighted by Crippen LogP contribution is -2.14. The average molecular weight is 292 g/mol. The summed E-state index contributed by atoms with van der Waals surface area (Å²) in [7, 11) is -1.92. The highest BCUT2D eigenvalue weighted by Crippen LogP contribution is 2.18. The summed E-state index contributed by atoms with van der Waals surface area (Å²) >= 11 is 1.24. The fourth-order valence-electron chi connectivity index (χ4n) is 1.19. The summed E-state index contributed by atoms with van der Waals surface area (Å²) in [6, 6.07) is 0. The predicted molar refractivity (Wildman–Crippen MR) is 70.2 cm³/mol. The van der Waals surface area contributed by atoms with E-state index in [2.05, 4.69) is 14.4 Å². The van der Waals surface area contributed by atoms with Crippen molar-refractivity contribution in [3.05, 3.63) is 11.1 Å². The number of carbonyl (C=O) groups is 1. The lowest BCUT2D eigenvalue weighted by molar-refractivity contribution is -0.140. The SMILES string of the molecule is CCS(=O)(=O)Nc1nc(CCCC(=O)OC)cs1. The van der Waals surface area contributed by atoms with Gasteiger partial charge in [0.15, 0.2) is 5.13 Å². The van der Waals surface area contributed by atoms with Crippen molar-refractivity contribution < 1.29 is 17.9 Å². The number of thiazole rings is 1. The number of nitrogens with zero attached hydrogens (tertiary/aromatic N) is 1. The van der Waals surface area contributed by atoms with Crippen molar-refractivity contribution in [1.29, 1.82) is 0 Å². The highest BCUT2D eigenvalue weighted by molar-refractivity contribution is 7.92. The Labute approximate surface area is 110 Å². The maximum atomic E-state index is 11.3. The summed E-state index contributed by atoms with van der Waals surface area (Å²) in [6.07, 6.45) is 1.60. The minimum Gasteiger partial charge on any atom is -0.469 e. The molecule has 0 radical (unpaired) electrons. The zero-order valence-corrected chi connectivity index (χ0v) is 11.9. The molecule has 0 aliphatic rings. The summed E-state index contributed by atoms with van der Waals surface area (Å²) < 4.78 is 29.5. The molecule has 102 valence electrons. The number of aryl methyl sites for hydroxylation is 1. The van der Waals surface area contributed by atoms with E-state index >= 15 is 0 Å². The smallest absolute Gasteiger partial charge is 0.305 e. The molecule has 0 fully saturated rings. The highest BCUT2D eigenvalue weighted by atomic mass is 32.2. The molecular formula is C10H16N2O4S2. The number of ether oxygens (including phenoxy) is 1. The van der Waals surface area contributed by atoms with Gasteiger partial charge in [0.1, 0.15) is 0 Å². The number of aromatic nitrogens is 1. The van der Waals surface area contributed by atoms with Crippen LogP contribution in [0.15, 0.2) is 5.38 Å². The Morgan fingerprint density at radius 1 is 1.56 bits per heavy atom. The first-order valence-electron chi connectivity index (χ1n) is 5.48. The molecule has 1 N–H and O–H groups in total. The van der Waals surface area contributed by atoms with Crippen LogP contribution in [0.4, 0.5) is 5.13 Å². The maximum absolute atomic E-state index is 11.3. The summed E-state index contributed by atoms with van der Waals surface area (Å²) in [6.45, 7) is 1.56. The van der Waals surface area contributed by atoms with Gasteiger partial charge in [0.05, 0.1) is 18.6 Å². The van der Waals surface area contributed by atoms with Gasteiger partial charge in [0.25, 0.3) is 0 Å². The van der Waals surface area contributed by atoms with E-state index in [1.54, 1.807) is 12.3 Å². The van der Waals surface area contributed by atoms with E-state index in [1.807, 2.05) is 0 Å². The lowest BCUT2D eigenvalue weighted by atomic mass is 10.2. The topological polar surface area (TPSA) is 85.4 Å². The van der Waals surface area contributed by atoms with E-state index < -0.39 is 10.0 Å². The zero-order valence-electron chi connectivity index (χ0n) is 10.3. The van der Waals surface area contributed by atoms with Crippen LogP contribution in [0.25, 0.3) is 0 Å². The van der Waals surface area contributed by atoms with Crippen LogP contribution in [-0.4, -0.2) is 32.2 Å². The summed E-state index contributed by atoms with van der Waals surface area (Å²) in [5, 5.41) is 2.15. The Bertz CT molecular complexity index is 496. The predicted octanol–water partition coefficient (Wildman–Crippen LogP) is 1.40. The maximum Gasteiger partial charge on any atom is 0.305 e. The molecule has 0 bridgehead atoms. The number of nitrogens with one attached hydrogen (secondary N) is 1. The van der Waals surface area contributed by atoms with Crippen LogP contribution in [-0.2, 0) is 26.0 Å². The van der Waals surface area contributed by atoms with Gasteiger partial charge in [-0.3, -0.25) is 9.52 Å². The van der Waals surface area contributed by atoms with Crippen molar-refractivity contribution in [1.82, 2.24) is 4.98 Å². The number of rotatable bonds is 7. The fourth-order valence-corrected chi connectivity index (χ4v) is 2.81. The fraction of sp³-hybridized carbons (Fsp3) is 0.600. The number of carbonyl (C=O) groups excluding carboxylic acids is 1. The number of methoxy groups -OCH3 is 1. The number of hydrogen-bond acceptors (Lipinski definition) is 6. The molecule has 0 aliphatic heterocycles. The third-order valence-corrected chi connectivity index (χ3v) is 4.42. The molecule has 0 spiro atoms. The van der Waals surface area contributed by atoms with Crippen LogP contribution in [0.3, 0.4) is 0 Å². The molecule has 0 aliphatic carbocycles. The Morgan fingerprint density at radius 2 is 2.28 bits per heavy atom. The molecule has 0 unspecified atom stereocenters. The summed E-state index contributed by atoms with van der Waals surface area (Å²) in [5.74, 6) is -0.235. The average Bonchev–Trinajstić information content (AvgIpc) is 2.75. The molecule has 1 heterocycles. The van der Waals surface area contributed by atoms with E-state index in [0.717, 1.165) is 5.69 Å². The second-order valence-electron chi connectivity index (χ2n) is 3.58. The molecule has 0 atom stereocenters. The van der Waals surface area contributed by atoms with Gasteiger partial charge in [-0.15, -0.1) is 11.3 Å². The minimum atomic E-state index is -3.27. The minimum absolute atomic E-state index is 0.0181. The summed E-state index contributed by atoms with van der Waals surface area (Å²) in [5.41, 5.74) is 0.776. The third kappa shape index (κ3) is 5.01. The van der Waals surface area contributed by atoms with Crippen LogP contribution in [0, 0.1) is 0 Å². The normalized spacial score (nSPS) is 11.2. The standard InChI is InChI=1S/C10H16N2O4S2/c1-3-18(14,15)12-10-11-8(7-17-10)5-4-6-9(13)16-2/h7H,3-6H2,1-2H3,(H,11,12). The molecule has 1 rings (SSSR count). The lowest BCUT2D eigenvalue weighted by Gasteiger charge is -2.00. The zero-order chi connectivity index (χ0) is 13.6. The van der Waals surface area contributed by atoms with Gasteiger partial charge in [-0.25, -0.2) is 13.4 Å². The number of hydrogen-bond donors (Lipinski definition) is 1. The van der Waals surface area contributed by atoms with Gasteiger partial charge in [0.2, 0.25) is 10.0 Å². The van der Waals surface area contributed by atoms with Gasteiger partial charge in [-0.2, -0.15) is 0 Å². The molecule has 8 heteroatoms.